The Balaban J connectivity index is 1.48. The molecule has 26 heavy (non-hydrogen) atoms. The second-order valence-corrected chi connectivity index (χ2v) is 7.06. The Labute approximate surface area is 154 Å². The quantitative estimate of drug-likeness (QED) is 0.407. The molecule has 0 fully saturated rings. The number of hydrogen-bond donors (Lipinski definition) is 1. The summed E-state index contributed by atoms with van der Waals surface area (Å²) in [5.41, 5.74) is 4.87. The molecule has 5 nitrogen and oxygen atoms in total. The van der Waals surface area contributed by atoms with Gasteiger partial charge in [0.15, 0.2) is 5.78 Å². The Morgan fingerprint density at radius 3 is 2.81 bits per heavy atom. The maximum absolute atomic E-state index is 12.4. The lowest BCUT2D eigenvalue weighted by Gasteiger charge is -2.03. The second-order valence-electron chi connectivity index (χ2n) is 6.13. The van der Waals surface area contributed by atoms with Crippen LogP contribution in [0.1, 0.15) is 21.5 Å². The van der Waals surface area contributed by atoms with Gasteiger partial charge in [0.25, 0.3) is 11.1 Å². The largest absolute Gasteiger partial charge is 0.411 e. The lowest BCUT2D eigenvalue weighted by atomic mass is 10.0. The van der Waals surface area contributed by atoms with E-state index in [9.17, 15) is 4.79 Å². The van der Waals surface area contributed by atoms with Crippen molar-refractivity contribution in [3.05, 3.63) is 65.4 Å². The Morgan fingerprint density at radius 2 is 1.96 bits per heavy atom. The number of aromatic amines is 1. The van der Waals surface area contributed by atoms with Crippen molar-refractivity contribution in [2.75, 3.05) is 5.75 Å². The number of nitrogens with one attached hydrogen (secondary N) is 1. The maximum atomic E-state index is 12.4. The van der Waals surface area contributed by atoms with E-state index >= 15 is 0 Å². The van der Waals surface area contributed by atoms with E-state index in [1.54, 1.807) is 0 Å². The van der Waals surface area contributed by atoms with Crippen LogP contribution in [0, 0.1) is 13.8 Å². The molecule has 2 aromatic heterocycles. The van der Waals surface area contributed by atoms with Gasteiger partial charge in [-0.25, -0.2) is 0 Å². The lowest BCUT2D eigenvalue weighted by molar-refractivity contribution is 0.102. The van der Waals surface area contributed by atoms with Gasteiger partial charge in [-0.2, -0.15) is 0 Å². The number of para-hydroxylation sites is 1. The fraction of sp³-hybridized carbons (Fsp3) is 0.150. The summed E-state index contributed by atoms with van der Waals surface area (Å²) in [6, 6.07) is 13.7. The van der Waals surface area contributed by atoms with Crippen molar-refractivity contribution < 1.29 is 9.21 Å². The summed E-state index contributed by atoms with van der Waals surface area (Å²) >= 11 is 1.26. The van der Waals surface area contributed by atoms with Crippen LogP contribution in [0.25, 0.3) is 22.4 Å². The Bertz CT molecular complexity index is 1100. The van der Waals surface area contributed by atoms with Crippen LogP contribution in [0.3, 0.4) is 0 Å². The highest BCUT2D eigenvalue weighted by molar-refractivity contribution is 7.99. The van der Waals surface area contributed by atoms with Gasteiger partial charge in [-0.05, 0) is 37.1 Å². The van der Waals surface area contributed by atoms with Crippen molar-refractivity contribution >= 4 is 28.4 Å². The normalized spacial score (nSPS) is 11.2. The van der Waals surface area contributed by atoms with Gasteiger partial charge in [0.05, 0.1) is 11.3 Å². The number of carbonyl (C=O) groups is 1. The number of Topliss-reactive ketones (excluding diaryl/α,β-unsaturated/α-hetero) is 1. The number of rotatable bonds is 5. The van der Waals surface area contributed by atoms with Crippen LogP contribution in [-0.4, -0.2) is 26.7 Å². The number of benzene rings is 2. The number of aromatic nitrogens is 3. The first-order valence-electron chi connectivity index (χ1n) is 8.25. The minimum absolute atomic E-state index is 0.0462. The van der Waals surface area contributed by atoms with Crippen LogP contribution in [0.2, 0.25) is 0 Å². The molecule has 0 aliphatic heterocycles. The maximum Gasteiger partial charge on any atom is 0.277 e. The van der Waals surface area contributed by atoms with E-state index in [0.717, 1.165) is 22.0 Å². The average molecular weight is 363 g/mol. The zero-order valence-electron chi connectivity index (χ0n) is 14.4. The molecule has 130 valence electrons. The van der Waals surface area contributed by atoms with E-state index in [2.05, 4.69) is 15.2 Å². The Morgan fingerprint density at radius 1 is 1.12 bits per heavy atom. The minimum atomic E-state index is 0.0462. The van der Waals surface area contributed by atoms with Crippen LogP contribution in [-0.2, 0) is 0 Å². The van der Waals surface area contributed by atoms with Crippen molar-refractivity contribution in [3.8, 4) is 11.5 Å². The van der Waals surface area contributed by atoms with E-state index < -0.39 is 0 Å². The molecule has 2 heterocycles. The topological polar surface area (TPSA) is 71.8 Å². The number of ketones is 1. The summed E-state index contributed by atoms with van der Waals surface area (Å²) in [4.78, 5) is 15.6. The monoisotopic (exact) mass is 363 g/mol. The standard InChI is InChI=1S/C20H17N3O2S/c1-12-7-8-14(9-13(12)2)18(24)11-26-20-23-22-19(25-20)16-10-21-17-6-4-3-5-15(16)17/h3-10,21H,11H2,1-2H3. The first kappa shape index (κ1) is 16.6. The summed E-state index contributed by atoms with van der Waals surface area (Å²) in [7, 11) is 0. The molecule has 0 radical (unpaired) electrons. The van der Waals surface area contributed by atoms with Gasteiger partial charge in [-0.15, -0.1) is 10.2 Å². The molecule has 0 saturated heterocycles. The van der Waals surface area contributed by atoms with Crippen molar-refractivity contribution in [2.24, 2.45) is 0 Å². The van der Waals surface area contributed by atoms with Gasteiger partial charge in [-0.1, -0.05) is 42.1 Å². The number of nitrogens with zero attached hydrogens (tertiary/aromatic N) is 2. The summed E-state index contributed by atoms with van der Waals surface area (Å²) in [5, 5.41) is 9.59. The number of aryl methyl sites for hydroxylation is 2. The third-order valence-corrected chi connectivity index (χ3v) is 5.20. The van der Waals surface area contributed by atoms with E-state index in [1.165, 1.54) is 17.3 Å². The Hall–Kier alpha value is -2.86. The van der Waals surface area contributed by atoms with Crippen LogP contribution in [0.15, 0.2) is 58.3 Å². The first-order valence-corrected chi connectivity index (χ1v) is 9.23. The molecule has 2 aromatic carbocycles. The molecule has 0 aliphatic carbocycles. The van der Waals surface area contributed by atoms with Crippen LogP contribution in [0.4, 0.5) is 0 Å². The molecule has 4 aromatic rings. The fourth-order valence-electron chi connectivity index (χ4n) is 2.75. The summed E-state index contributed by atoms with van der Waals surface area (Å²) in [6.45, 7) is 4.04. The molecule has 0 bridgehead atoms. The van der Waals surface area contributed by atoms with E-state index in [0.29, 0.717) is 16.7 Å². The number of hydrogen-bond acceptors (Lipinski definition) is 5. The lowest BCUT2D eigenvalue weighted by Crippen LogP contribution is -2.03. The van der Waals surface area contributed by atoms with Crippen LogP contribution < -0.4 is 0 Å². The number of fused-ring (bicyclic) bond motifs is 1. The number of H-pyrrole nitrogens is 1. The zero-order valence-corrected chi connectivity index (χ0v) is 15.3. The van der Waals surface area contributed by atoms with Crippen molar-refractivity contribution in [3.63, 3.8) is 0 Å². The van der Waals surface area contributed by atoms with Crippen molar-refractivity contribution in [2.45, 2.75) is 19.1 Å². The molecular weight excluding hydrogens is 346 g/mol. The van der Waals surface area contributed by atoms with E-state index in [-0.39, 0.29) is 11.5 Å². The molecule has 0 amide bonds. The summed E-state index contributed by atoms with van der Waals surface area (Å²) in [5.74, 6) is 0.756. The van der Waals surface area contributed by atoms with Crippen molar-refractivity contribution in [1.29, 1.82) is 0 Å². The average Bonchev–Trinajstić information content (AvgIpc) is 3.28. The summed E-state index contributed by atoms with van der Waals surface area (Å²) < 4.78 is 5.73. The van der Waals surface area contributed by atoms with Gasteiger partial charge < -0.3 is 9.40 Å². The predicted molar refractivity (Wildman–Crippen MR) is 103 cm³/mol. The van der Waals surface area contributed by atoms with Gasteiger partial charge in [-0.3, -0.25) is 4.79 Å². The van der Waals surface area contributed by atoms with Gasteiger partial charge in [0.1, 0.15) is 0 Å². The Kier molecular flexibility index (Phi) is 4.34. The predicted octanol–water partition coefficient (Wildman–Crippen LogP) is 4.81. The molecular formula is C20H17N3O2S. The molecule has 0 atom stereocenters. The van der Waals surface area contributed by atoms with Crippen LogP contribution >= 0.6 is 11.8 Å². The third-order valence-electron chi connectivity index (χ3n) is 4.38. The minimum Gasteiger partial charge on any atom is -0.411 e. The number of thioether (sulfide) groups is 1. The first-order chi connectivity index (χ1) is 12.6. The molecule has 0 unspecified atom stereocenters. The highest BCUT2D eigenvalue weighted by atomic mass is 32.2. The number of carbonyl (C=O) groups excluding carboxylic acids is 1. The second kappa shape index (κ2) is 6.80. The molecule has 0 saturated carbocycles. The van der Waals surface area contributed by atoms with Gasteiger partial charge >= 0.3 is 0 Å². The third kappa shape index (κ3) is 3.15. The summed E-state index contributed by atoms with van der Waals surface area (Å²) in [6.07, 6.45) is 1.85. The van der Waals surface area contributed by atoms with E-state index in [1.807, 2.05) is 62.5 Å². The molecule has 6 heteroatoms. The highest BCUT2D eigenvalue weighted by Crippen LogP contribution is 2.29. The smallest absolute Gasteiger partial charge is 0.277 e. The zero-order chi connectivity index (χ0) is 18.1. The molecule has 4 rings (SSSR count). The SMILES string of the molecule is Cc1ccc(C(=O)CSc2nnc(-c3c[nH]c4ccccc34)o2)cc1C. The highest BCUT2D eigenvalue weighted by Gasteiger charge is 2.15. The van der Waals surface area contributed by atoms with Gasteiger partial charge in [0.2, 0.25) is 0 Å². The van der Waals surface area contributed by atoms with E-state index in [4.69, 9.17) is 4.42 Å². The van der Waals surface area contributed by atoms with Gasteiger partial charge in [0, 0.05) is 22.7 Å². The molecule has 0 aliphatic rings. The van der Waals surface area contributed by atoms with Crippen LogP contribution in [0.5, 0.6) is 0 Å². The molecule has 1 N–H and O–H groups in total. The molecule has 0 spiro atoms. The fourth-order valence-corrected chi connectivity index (χ4v) is 3.41. The van der Waals surface area contributed by atoms with Crippen molar-refractivity contribution in [1.82, 2.24) is 15.2 Å².